The van der Waals surface area contributed by atoms with Gasteiger partial charge in [-0.05, 0) is 43.7 Å². The van der Waals surface area contributed by atoms with Crippen molar-refractivity contribution in [3.63, 3.8) is 0 Å². The fourth-order valence-corrected chi connectivity index (χ4v) is 4.57. The molecule has 0 fully saturated rings. The van der Waals surface area contributed by atoms with E-state index in [1.807, 2.05) is 44.2 Å². The van der Waals surface area contributed by atoms with Crippen molar-refractivity contribution in [1.29, 1.82) is 0 Å². The molecular formula is C24H26N2O4S. The molecule has 0 aliphatic carbocycles. The van der Waals surface area contributed by atoms with E-state index in [2.05, 4.69) is 5.32 Å². The molecule has 0 saturated heterocycles. The van der Waals surface area contributed by atoms with E-state index in [1.54, 1.807) is 48.5 Å². The number of sulfonamides is 1. The number of aryl methyl sites for hydroxylation is 1. The van der Waals surface area contributed by atoms with Crippen molar-refractivity contribution in [2.75, 3.05) is 18.0 Å². The molecule has 1 atom stereocenters. The fraction of sp³-hybridized carbons (Fsp3) is 0.208. The first-order valence-corrected chi connectivity index (χ1v) is 11.3. The van der Waals surface area contributed by atoms with Crippen molar-refractivity contribution in [1.82, 2.24) is 5.32 Å². The summed E-state index contributed by atoms with van der Waals surface area (Å²) in [5, 5.41) is 2.88. The summed E-state index contributed by atoms with van der Waals surface area (Å²) in [6.45, 7) is 3.38. The summed E-state index contributed by atoms with van der Waals surface area (Å²) in [6, 6.07) is 22.4. The van der Waals surface area contributed by atoms with Gasteiger partial charge in [-0.3, -0.25) is 9.10 Å². The van der Waals surface area contributed by atoms with E-state index in [9.17, 15) is 13.2 Å². The minimum atomic E-state index is -3.97. The molecule has 0 aromatic heterocycles. The third-order valence-corrected chi connectivity index (χ3v) is 6.70. The van der Waals surface area contributed by atoms with Gasteiger partial charge in [-0.15, -0.1) is 0 Å². The van der Waals surface area contributed by atoms with E-state index >= 15 is 0 Å². The highest BCUT2D eigenvalue weighted by Gasteiger charge is 2.28. The Hall–Kier alpha value is -3.32. The summed E-state index contributed by atoms with van der Waals surface area (Å²) in [7, 11) is -2.47. The van der Waals surface area contributed by atoms with Crippen LogP contribution in [-0.2, 0) is 14.8 Å². The quantitative estimate of drug-likeness (QED) is 0.575. The van der Waals surface area contributed by atoms with Gasteiger partial charge in [0.25, 0.3) is 10.0 Å². The van der Waals surface area contributed by atoms with Gasteiger partial charge in [0.1, 0.15) is 12.3 Å². The summed E-state index contributed by atoms with van der Waals surface area (Å²) in [5.74, 6) is 0.0922. The van der Waals surface area contributed by atoms with E-state index in [0.717, 1.165) is 15.4 Å². The second-order valence-electron chi connectivity index (χ2n) is 7.23. The standard InChI is InChI=1S/C24H26N2O4S/c1-18-12-14-23(15-13-18)31(28,29)26(21-10-7-11-22(16-21)30-3)17-24(27)25-19(2)20-8-5-4-6-9-20/h4-16,19H,17H2,1-3H3,(H,25,27)/t19-/m0/s1. The van der Waals surface area contributed by atoms with Gasteiger partial charge in [0.05, 0.1) is 23.7 Å². The number of methoxy groups -OCH3 is 1. The van der Waals surface area contributed by atoms with E-state index in [-0.39, 0.29) is 17.5 Å². The van der Waals surface area contributed by atoms with Crippen LogP contribution < -0.4 is 14.4 Å². The van der Waals surface area contributed by atoms with Gasteiger partial charge in [-0.2, -0.15) is 0 Å². The lowest BCUT2D eigenvalue weighted by atomic mass is 10.1. The van der Waals surface area contributed by atoms with Crippen molar-refractivity contribution in [2.24, 2.45) is 0 Å². The van der Waals surface area contributed by atoms with Crippen molar-refractivity contribution in [3.8, 4) is 5.75 Å². The maximum absolute atomic E-state index is 13.4. The first-order valence-electron chi connectivity index (χ1n) is 9.89. The number of anilines is 1. The molecule has 7 heteroatoms. The third kappa shape index (κ3) is 5.44. The van der Waals surface area contributed by atoms with E-state index in [4.69, 9.17) is 4.74 Å². The van der Waals surface area contributed by atoms with Gasteiger partial charge < -0.3 is 10.1 Å². The van der Waals surface area contributed by atoms with Gasteiger partial charge >= 0.3 is 0 Å². The number of nitrogens with zero attached hydrogens (tertiary/aromatic N) is 1. The first-order chi connectivity index (χ1) is 14.8. The topological polar surface area (TPSA) is 75.7 Å². The summed E-state index contributed by atoms with van der Waals surface area (Å²) < 4.78 is 33.2. The average molecular weight is 439 g/mol. The molecular weight excluding hydrogens is 412 g/mol. The monoisotopic (exact) mass is 438 g/mol. The zero-order valence-corrected chi connectivity index (χ0v) is 18.6. The van der Waals surface area contributed by atoms with Crippen molar-refractivity contribution >= 4 is 21.6 Å². The van der Waals surface area contributed by atoms with Crippen molar-refractivity contribution in [3.05, 3.63) is 90.0 Å². The fourth-order valence-electron chi connectivity index (χ4n) is 3.16. The Balaban J connectivity index is 1.92. The smallest absolute Gasteiger partial charge is 0.264 e. The molecule has 6 nitrogen and oxygen atoms in total. The second-order valence-corrected chi connectivity index (χ2v) is 9.09. The molecule has 162 valence electrons. The van der Waals surface area contributed by atoms with Crippen LogP contribution in [-0.4, -0.2) is 28.0 Å². The van der Waals surface area contributed by atoms with Crippen LogP contribution in [0.4, 0.5) is 5.69 Å². The number of benzene rings is 3. The predicted octanol–water partition coefficient (Wildman–Crippen LogP) is 4.08. The lowest BCUT2D eigenvalue weighted by molar-refractivity contribution is -0.120. The van der Waals surface area contributed by atoms with Crippen LogP contribution in [0.3, 0.4) is 0 Å². The Morgan fingerprint density at radius 2 is 1.68 bits per heavy atom. The molecule has 0 aliphatic rings. The molecule has 31 heavy (non-hydrogen) atoms. The Labute approximate surface area is 183 Å². The second kappa shape index (κ2) is 9.66. The molecule has 3 aromatic rings. The minimum absolute atomic E-state index is 0.116. The van der Waals surface area contributed by atoms with Crippen LogP contribution in [0.25, 0.3) is 0 Å². The maximum Gasteiger partial charge on any atom is 0.264 e. The first kappa shape index (κ1) is 22.4. The molecule has 0 saturated carbocycles. The highest BCUT2D eigenvalue weighted by Crippen LogP contribution is 2.27. The lowest BCUT2D eigenvalue weighted by Gasteiger charge is -2.25. The number of carbonyl (C=O) groups excluding carboxylic acids is 1. The summed E-state index contributed by atoms with van der Waals surface area (Å²) in [5.41, 5.74) is 2.23. The number of hydrogen-bond acceptors (Lipinski definition) is 4. The number of rotatable bonds is 8. The molecule has 3 aromatic carbocycles. The Morgan fingerprint density at radius 3 is 2.32 bits per heavy atom. The Kier molecular flexibility index (Phi) is 6.97. The van der Waals surface area contributed by atoms with Crippen LogP contribution in [0.2, 0.25) is 0 Å². The number of nitrogens with one attached hydrogen (secondary N) is 1. The molecule has 1 N–H and O–H groups in total. The summed E-state index contributed by atoms with van der Waals surface area (Å²) >= 11 is 0. The number of amides is 1. The molecule has 0 radical (unpaired) electrons. The van der Waals surface area contributed by atoms with Crippen LogP contribution in [0.15, 0.2) is 83.8 Å². The maximum atomic E-state index is 13.4. The normalized spacial score (nSPS) is 12.1. The lowest BCUT2D eigenvalue weighted by Crippen LogP contribution is -2.41. The SMILES string of the molecule is COc1cccc(N(CC(=O)N[C@@H](C)c2ccccc2)S(=O)(=O)c2ccc(C)cc2)c1. The average Bonchev–Trinajstić information content (AvgIpc) is 2.78. The Morgan fingerprint density at radius 1 is 1.00 bits per heavy atom. The van der Waals surface area contributed by atoms with Gasteiger partial charge in [0, 0.05) is 6.07 Å². The van der Waals surface area contributed by atoms with E-state index in [0.29, 0.717) is 11.4 Å². The van der Waals surface area contributed by atoms with Crippen LogP contribution in [0, 0.1) is 6.92 Å². The van der Waals surface area contributed by atoms with E-state index in [1.165, 1.54) is 7.11 Å². The van der Waals surface area contributed by atoms with Gasteiger partial charge in [0.2, 0.25) is 5.91 Å². The molecule has 1 amide bonds. The van der Waals surface area contributed by atoms with Gasteiger partial charge in [-0.1, -0.05) is 54.1 Å². The third-order valence-electron chi connectivity index (χ3n) is 4.91. The zero-order valence-electron chi connectivity index (χ0n) is 17.8. The zero-order chi connectivity index (χ0) is 22.4. The number of ether oxygens (including phenoxy) is 1. The highest BCUT2D eigenvalue weighted by molar-refractivity contribution is 7.92. The van der Waals surface area contributed by atoms with E-state index < -0.39 is 15.9 Å². The van der Waals surface area contributed by atoms with Crippen LogP contribution in [0.1, 0.15) is 24.1 Å². The van der Waals surface area contributed by atoms with Crippen molar-refractivity contribution in [2.45, 2.75) is 24.8 Å². The minimum Gasteiger partial charge on any atom is -0.497 e. The number of hydrogen-bond donors (Lipinski definition) is 1. The Bertz CT molecular complexity index is 1130. The van der Waals surface area contributed by atoms with Gasteiger partial charge in [-0.25, -0.2) is 8.42 Å². The molecule has 0 heterocycles. The van der Waals surface area contributed by atoms with Crippen molar-refractivity contribution < 1.29 is 17.9 Å². The summed E-state index contributed by atoms with van der Waals surface area (Å²) in [4.78, 5) is 13.0. The molecule has 0 spiro atoms. The molecule has 0 unspecified atom stereocenters. The highest BCUT2D eigenvalue weighted by atomic mass is 32.2. The number of carbonyl (C=O) groups is 1. The summed E-state index contributed by atoms with van der Waals surface area (Å²) in [6.07, 6.45) is 0. The molecule has 0 bridgehead atoms. The van der Waals surface area contributed by atoms with Crippen LogP contribution >= 0.6 is 0 Å². The molecule has 0 aliphatic heterocycles. The largest absolute Gasteiger partial charge is 0.497 e. The van der Waals surface area contributed by atoms with Gasteiger partial charge in [0.15, 0.2) is 0 Å². The molecule has 3 rings (SSSR count). The predicted molar refractivity (Wildman–Crippen MR) is 122 cm³/mol. The van der Waals surface area contributed by atoms with Crippen LogP contribution in [0.5, 0.6) is 5.75 Å².